The number of hydrogen-bond donors (Lipinski definition) is 1. The van der Waals surface area contributed by atoms with Crippen molar-refractivity contribution in [3.63, 3.8) is 0 Å². The van der Waals surface area contributed by atoms with E-state index in [-0.39, 0.29) is 11.1 Å². The Morgan fingerprint density at radius 2 is 1.54 bits per heavy atom. The van der Waals surface area contributed by atoms with E-state index in [1.54, 1.807) is 0 Å². The molecule has 0 aliphatic rings. The molecule has 0 spiro atoms. The van der Waals surface area contributed by atoms with Gasteiger partial charge in [0.2, 0.25) is 0 Å². The normalized spacial score (nSPS) is 12.2. The summed E-state index contributed by atoms with van der Waals surface area (Å²) >= 11 is 0. The highest BCUT2D eigenvalue weighted by Crippen LogP contribution is 2.35. The standard InChI is InChI=1S/C15H9F6NO2/c16-14(17,18)10-3-1-8(2-4-10)9-5-11(15(19,20)21)12(22-7-9)6-13(23)24/h1-5,7H,6H2,(H,23,24). The van der Waals surface area contributed by atoms with E-state index in [0.717, 1.165) is 30.5 Å². The number of carboxylic acids is 1. The molecule has 1 N–H and O–H groups in total. The Bertz CT molecular complexity index is 750. The second kappa shape index (κ2) is 6.14. The number of pyridine rings is 1. The number of halogens is 6. The molecule has 0 saturated carbocycles. The van der Waals surface area contributed by atoms with Crippen molar-refractivity contribution < 1.29 is 36.2 Å². The number of aliphatic carboxylic acids is 1. The van der Waals surface area contributed by atoms with Crippen LogP contribution in [-0.4, -0.2) is 16.1 Å². The van der Waals surface area contributed by atoms with E-state index in [1.807, 2.05) is 0 Å². The number of alkyl halides is 6. The van der Waals surface area contributed by atoms with E-state index in [4.69, 9.17) is 5.11 Å². The summed E-state index contributed by atoms with van der Waals surface area (Å²) in [6.45, 7) is 0. The fourth-order valence-corrected chi connectivity index (χ4v) is 2.03. The maximum absolute atomic E-state index is 13.0. The van der Waals surface area contributed by atoms with Gasteiger partial charge >= 0.3 is 18.3 Å². The van der Waals surface area contributed by atoms with Gasteiger partial charge in [0.1, 0.15) is 0 Å². The van der Waals surface area contributed by atoms with Gasteiger partial charge in [0.15, 0.2) is 0 Å². The second-order valence-corrected chi connectivity index (χ2v) is 4.86. The zero-order valence-corrected chi connectivity index (χ0v) is 11.7. The number of hydrogen-bond acceptors (Lipinski definition) is 2. The predicted molar refractivity (Wildman–Crippen MR) is 71.0 cm³/mol. The van der Waals surface area contributed by atoms with Crippen molar-refractivity contribution in [2.45, 2.75) is 18.8 Å². The lowest BCUT2D eigenvalue weighted by Crippen LogP contribution is -2.14. The summed E-state index contributed by atoms with van der Waals surface area (Å²) in [5.74, 6) is -1.48. The fraction of sp³-hybridized carbons (Fsp3) is 0.200. The van der Waals surface area contributed by atoms with Crippen LogP contribution in [0.25, 0.3) is 11.1 Å². The molecule has 2 aromatic rings. The first-order chi connectivity index (χ1) is 11.0. The molecule has 1 aromatic carbocycles. The Balaban J connectivity index is 2.46. The predicted octanol–water partition coefficient (Wildman–Crippen LogP) is 4.41. The SMILES string of the molecule is O=C(O)Cc1ncc(-c2ccc(C(F)(F)F)cc2)cc1C(F)(F)F. The first-order valence-corrected chi connectivity index (χ1v) is 6.44. The van der Waals surface area contributed by atoms with Crippen LogP contribution in [0.1, 0.15) is 16.8 Å². The average molecular weight is 349 g/mol. The van der Waals surface area contributed by atoms with Gasteiger partial charge < -0.3 is 5.11 Å². The van der Waals surface area contributed by atoms with Crippen molar-refractivity contribution in [1.82, 2.24) is 4.98 Å². The summed E-state index contributed by atoms with van der Waals surface area (Å²) in [4.78, 5) is 14.1. The van der Waals surface area contributed by atoms with Gasteiger partial charge in [0.25, 0.3) is 0 Å². The molecular formula is C15H9F6NO2. The van der Waals surface area contributed by atoms with Crippen LogP contribution in [0.2, 0.25) is 0 Å². The monoisotopic (exact) mass is 349 g/mol. The van der Waals surface area contributed by atoms with Crippen LogP contribution in [0.3, 0.4) is 0 Å². The topological polar surface area (TPSA) is 50.2 Å². The molecule has 2 rings (SSSR count). The molecule has 1 heterocycles. The molecule has 1 aromatic heterocycles. The molecule has 0 atom stereocenters. The van der Waals surface area contributed by atoms with Crippen LogP contribution >= 0.6 is 0 Å². The highest BCUT2D eigenvalue weighted by Gasteiger charge is 2.35. The third-order valence-corrected chi connectivity index (χ3v) is 3.14. The number of benzene rings is 1. The van der Waals surface area contributed by atoms with E-state index >= 15 is 0 Å². The van der Waals surface area contributed by atoms with E-state index in [2.05, 4.69) is 4.98 Å². The zero-order valence-electron chi connectivity index (χ0n) is 11.7. The molecule has 128 valence electrons. The molecule has 24 heavy (non-hydrogen) atoms. The molecule has 0 fully saturated rings. The van der Waals surface area contributed by atoms with E-state index in [0.29, 0.717) is 6.07 Å². The number of carboxylic acid groups (broad SMARTS) is 1. The summed E-state index contributed by atoms with van der Waals surface area (Å²) < 4.78 is 76.6. The van der Waals surface area contributed by atoms with Crippen molar-refractivity contribution in [2.24, 2.45) is 0 Å². The quantitative estimate of drug-likeness (QED) is 0.835. The Labute approximate surface area is 131 Å². The van der Waals surface area contributed by atoms with Crippen molar-refractivity contribution in [1.29, 1.82) is 0 Å². The van der Waals surface area contributed by atoms with Crippen molar-refractivity contribution in [3.8, 4) is 11.1 Å². The van der Waals surface area contributed by atoms with Gasteiger partial charge in [0, 0.05) is 11.8 Å². The van der Waals surface area contributed by atoms with Crippen LogP contribution in [0, 0.1) is 0 Å². The van der Waals surface area contributed by atoms with E-state index < -0.39 is 41.6 Å². The lowest BCUT2D eigenvalue weighted by Gasteiger charge is -2.13. The summed E-state index contributed by atoms with van der Waals surface area (Å²) in [6.07, 6.45) is -9.31. The fourth-order valence-electron chi connectivity index (χ4n) is 2.03. The molecular weight excluding hydrogens is 340 g/mol. The maximum Gasteiger partial charge on any atom is 0.418 e. The molecule has 0 unspecified atom stereocenters. The van der Waals surface area contributed by atoms with Crippen LogP contribution in [0.15, 0.2) is 36.5 Å². The van der Waals surface area contributed by atoms with Gasteiger partial charge in [-0.3, -0.25) is 9.78 Å². The Kier molecular flexibility index (Phi) is 4.54. The number of rotatable bonds is 3. The minimum absolute atomic E-state index is 0.0646. The number of nitrogens with zero attached hydrogens (tertiary/aromatic N) is 1. The van der Waals surface area contributed by atoms with Gasteiger partial charge in [0.05, 0.1) is 23.2 Å². The Morgan fingerprint density at radius 3 is 2.00 bits per heavy atom. The highest BCUT2D eigenvalue weighted by molar-refractivity contribution is 5.71. The molecule has 0 saturated heterocycles. The molecule has 0 amide bonds. The van der Waals surface area contributed by atoms with E-state index in [1.165, 1.54) is 0 Å². The molecule has 3 nitrogen and oxygen atoms in total. The van der Waals surface area contributed by atoms with Gasteiger partial charge in [-0.25, -0.2) is 0 Å². The van der Waals surface area contributed by atoms with Crippen molar-refractivity contribution in [2.75, 3.05) is 0 Å². The first-order valence-electron chi connectivity index (χ1n) is 6.44. The van der Waals surface area contributed by atoms with Gasteiger partial charge in [-0.15, -0.1) is 0 Å². The van der Waals surface area contributed by atoms with Crippen LogP contribution in [0.4, 0.5) is 26.3 Å². The minimum atomic E-state index is -4.83. The lowest BCUT2D eigenvalue weighted by atomic mass is 10.0. The highest BCUT2D eigenvalue weighted by atomic mass is 19.4. The molecule has 0 bridgehead atoms. The molecule has 0 aliphatic heterocycles. The number of aromatic nitrogens is 1. The van der Waals surface area contributed by atoms with Crippen LogP contribution < -0.4 is 0 Å². The third kappa shape index (κ3) is 4.03. The van der Waals surface area contributed by atoms with Crippen LogP contribution in [0.5, 0.6) is 0 Å². The average Bonchev–Trinajstić information content (AvgIpc) is 2.45. The second-order valence-electron chi connectivity index (χ2n) is 4.86. The van der Waals surface area contributed by atoms with Crippen molar-refractivity contribution >= 4 is 5.97 Å². The maximum atomic E-state index is 13.0. The molecule has 0 aliphatic carbocycles. The molecule has 9 heteroatoms. The van der Waals surface area contributed by atoms with Gasteiger partial charge in [-0.05, 0) is 23.8 Å². The smallest absolute Gasteiger partial charge is 0.418 e. The minimum Gasteiger partial charge on any atom is -0.481 e. The summed E-state index contributed by atoms with van der Waals surface area (Å²) in [5, 5.41) is 8.64. The van der Waals surface area contributed by atoms with E-state index in [9.17, 15) is 31.1 Å². The Morgan fingerprint density at radius 1 is 0.958 bits per heavy atom. The van der Waals surface area contributed by atoms with Gasteiger partial charge in [-0.2, -0.15) is 26.3 Å². The Hall–Kier alpha value is -2.58. The number of carbonyl (C=O) groups is 1. The lowest BCUT2D eigenvalue weighted by molar-refractivity contribution is -0.140. The van der Waals surface area contributed by atoms with Crippen molar-refractivity contribution in [3.05, 3.63) is 53.3 Å². The third-order valence-electron chi connectivity index (χ3n) is 3.14. The summed E-state index contributed by atoms with van der Waals surface area (Å²) in [6, 6.07) is 4.21. The van der Waals surface area contributed by atoms with Gasteiger partial charge in [-0.1, -0.05) is 12.1 Å². The summed E-state index contributed by atoms with van der Waals surface area (Å²) in [5.41, 5.74) is -2.79. The largest absolute Gasteiger partial charge is 0.481 e. The first kappa shape index (κ1) is 17.8. The van der Waals surface area contributed by atoms with Crippen LogP contribution in [-0.2, 0) is 23.6 Å². The summed E-state index contributed by atoms with van der Waals surface area (Å²) in [7, 11) is 0. The zero-order chi connectivity index (χ0) is 18.1. The molecule has 0 radical (unpaired) electrons.